The fourth-order valence-electron chi connectivity index (χ4n) is 2.16. The van der Waals surface area contributed by atoms with Crippen LogP contribution in [0.5, 0.6) is 11.5 Å². The molecule has 0 fully saturated rings. The number of aromatic nitrogens is 2. The lowest BCUT2D eigenvalue weighted by Crippen LogP contribution is -2.02. The number of rotatable bonds is 6. The molecule has 1 aromatic heterocycles. The Bertz CT molecular complexity index is 605. The molecule has 0 atom stereocenters. The third kappa shape index (κ3) is 2.52. The third-order valence-electron chi connectivity index (χ3n) is 3.10. The molecule has 2 rings (SSSR count). The average molecular weight is 274 g/mol. The van der Waals surface area contributed by atoms with Crippen molar-refractivity contribution in [2.24, 2.45) is 0 Å². The van der Waals surface area contributed by atoms with E-state index in [9.17, 15) is 4.79 Å². The summed E-state index contributed by atoms with van der Waals surface area (Å²) < 4.78 is 12.5. The van der Waals surface area contributed by atoms with Crippen molar-refractivity contribution >= 4 is 6.29 Å². The summed E-state index contributed by atoms with van der Waals surface area (Å²) in [6.07, 6.45) is 5.44. The molecule has 20 heavy (non-hydrogen) atoms. The Morgan fingerprint density at radius 1 is 1.25 bits per heavy atom. The first kappa shape index (κ1) is 14.1. The van der Waals surface area contributed by atoms with Crippen LogP contribution in [0.1, 0.15) is 23.7 Å². The quantitative estimate of drug-likeness (QED) is 0.760. The van der Waals surface area contributed by atoms with Gasteiger partial charge >= 0.3 is 0 Å². The van der Waals surface area contributed by atoms with Crippen LogP contribution in [-0.2, 0) is 6.54 Å². The number of aryl methyl sites for hydroxylation is 1. The monoisotopic (exact) mass is 274 g/mol. The number of imidazole rings is 1. The predicted molar refractivity (Wildman–Crippen MR) is 76.4 cm³/mol. The Kier molecular flexibility index (Phi) is 4.40. The number of hydrogen-bond donors (Lipinski definition) is 0. The van der Waals surface area contributed by atoms with Crippen LogP contribution in [0.25, 0.3) is 11.4 Å². The number of aldehydes is 1. The summed E-state index contributed by atoms with van der Waals surface area (Å²) in [7, 11) is 3.12. The van der Waals surface area contributed by atoms with Crippen LogP contribution in [0, 0.1) is 0 Å². The lowest BCUT2D eigenvalue weighted by atomic mass is 10.1. The molecule has 0 amide bonds. The summed E-state index contributed by atoms with van der Waals surface area (Å²) in [6, 6.07) is 3.46. The van der Waals surface area contributed by atoms with Crippen LogP contribution >= 0.6 is 0 Å². The summed E-state index contributed by atoms with van der Waals surface area (Å²) >= 11 is 0. The molecule has 1 heterocycles. The molecule has 0 unspecified atom stereocenters. The smallest absolute Gasteiger partial charge is 0.161 e. The Morgan fingerprint density at radius 2 is 1.95 bits per heavy atom. The number of nitrogens with zero attached hydrogens (tertiary/aromatic N) is 2. The van der Waals surface area contributed by atoms with Crippen molar-refractivity contribution in [2.45, 2.75) is 19.9 Å². The van der Waals surface area contributed by atoms with E-state index in [-0.39, 0.29) is 0 Å². The van der Waals surface area contributed by atoms with Crippen molar-refractivity contribution in [1.29, 1.82) is 0 Å². The normalized spacial score (nSPS) is 10.3. The number of benzene rings is 1. The van der Waals surface area contributed by atoms with Crippen LogP contribution in [0.15, 0.2) is 24.5 Å². The minimum absolute atomic E-state index is 0.534. The zero-order chi connectivity index (χ0) is 14.5. The number of carbonyl (C=O) groups excluding carboxylic acids is 1. The van der Waals surface area contributed by atoms with E-state index in [0.717, 1.165) is 30.6 Å². The number of methoxy groups -OCH3 is 2. The lowest BCUT2D eigenvalue weighted by Gasteiger charge is -2.13. The Labute approximate surface area is 118 Å². The molecule has 2 aromatic rings. The highest BCUT2D eigenvalue weighted by Gasteiger charge is 2.15. The predicted octanol–water partition coefficient (Wildman–Crippen LogP) is 2.79. The first-order valence-electron chi connectivity index (χ1n) is 6.47. The van der Waals surface area contributed by atoms with E-state index in [2.05, 4.69) is 11.9 Å². The van der Waals surface area contributed by atoms with Gasteiger partial charge < -0.3 is 14.0 Å². The minimum atomic E-state index is 0.534. The van der Waals surface area contributed by atoms with Crippen molar-refractivity contribution in [3.63, 3.8) is 0 Å². The molecule has 0 radical (unpaired) electrons. The van der Waals surface area contributed by atoms with Gasteiger partial charge in [-0.3, -0.25) is 4.79 Å². The second-order valence-electron chi connectivity index (χ2n) is 4.36. The molecule has 0 spiro atoms. The van der Waals surface area contributed by atoms with Gasteiger partial charge in [0.15, 0.2) is 17.8 Å². The topological polar surface area (TPSA) is 53.4 Å². The van der Waals surface area contributed by atoms with E-state index >= 15 is 0 Å². The molecule has 0 N–H and O–H groups in total. The van der Waals surface area contributed by atoms with Gasteiger partial charge in [-0.15, -0.1) is 0 Å². The highest BCUT2D eigenvalue weighted by molar-refractivity contribution is 5.87. The Balaban J connectivity index is 2.59. The van der Waals surface area contributed by atoms with Crippen molar-refractivity contribution in [1.82, 2.24) is 9.55 Å². The molecule has 5 nitrogen and oxygen atoms in total. The van der Waals surface area contributed by atoms with Gasteiger partial charge in [0, 0.05) is 30.1 Å². The van der Waals surface area contributed by atoms with E-state index in [4.69, 9.17) is 9.47 Å². The third-order valence-corrected chi connectivity index (χ3v) is 3.10. The highest BCUT2D eigenvalue weighted by atomic mass is 16.5. The van der Waals surface area contributed by atoms with E-state index in [1.54, 1.807) is 32.5 Å². The first-order chi connectivity index (χ1) is 9.74. The van der Waals surface area contributed by atoms with E-state index < -0.39 is 0 Å². The maximum Gasteiger partial charge on any atom is 0.161 e. The van der Waals surface area contributed by atoms with Crippen molar-refractivity contribution in [3.8, 4) is 22.9 Å². The molecule has 0 aliphatic heterocycles. The standard InChI is InChI=1S/C15H18N2O3/c1-4-6-17-7-5-16-15(17)12-9-14(20-3)13(19-2)8-11(12)10-18/h5,7-10H,4,6H2,1-3H3. The van der Waals surface area contributed by atoms with Gasteiger partial charge in [0.25, 0.3) is 0 Å². The maximum atomic E-state index is 11.3. The average Bonchev–Trinajstić information content (AvgIpc) is 2.94. The van der Waals surface area contributed by atoms with Gasteiger partial charge in [-0.05, 0) is 18.6 Å². The summed E-state index contributed by atoms with van der Waals surface area (Å²) in [5, 5.41) is 0. The fraction of sp³-hybridized carbons (Fsp3) is 0.333. The summed E-state index contributed by atoms with van der Waals surface area (Å²) in [4.78, 5) is 15.7. The zero-order valence-corrected chi connectivity index (χ0v) is 11.9. The van der Waals surface area contributed by atoms with E-state index in [1.807, 2.05) is 10.8 Å². The summed E-state index contributed by atoms with van der Waals surface area (Å²) in [5.41, 5.74) is 1.28. The summed E-state index contributed by atoms with van der Waals surface area (Å²) in [6.45, 7) is 2.95. The Hall–Kier alpha value is -2.30. The molecule has 0 bridgehead atoms. The molecule has 1 aromatic carbocycles. The van der Waals surface area contributed by atoms with Gasteiger partial charge in [-0.2, -0.15) is 0 Å². The van der Waals surface area contributed by atoms with Crippen LogP contribution in [0.2, 0.25) is 0 Å². The second kappa shape index (κ2) is 6.23. The van der Waals surface area contributed by atoms with Gasteiger partial charge in [0.2, 0.25) is 0 Å². The Morgan fingerprint density at radius 3 is 2.55 bits per heavy atom. The molecule has 0 aliphatic carbocycles. The van der Waals surface area contributed by atoms with E-state index in [0.29, 0.717) is 17.1 Å². The van der Waals surface area contributed by atoms with E-state index in [1.165, 1.54) is 0 Å². The minimum Gasteiger partial charge on any atom is -0.493 e. The van der Waals surface area contributed by atoms with Gasteiger partial charge in [0.1, 0.15) is 5.82 Å². The van der Waals surface area contributed by atoms with Crippen LogP contribution in [0.4, 0.5) is 0 Å². The number of carbonyl (C=O) groups is 1. The molecule has 0 aliphatic rings. The van der Waals surface area contributed by atoms with Gasteiger partial charge in [0.05, 0.1) is 14.2 Å². The van der Waals surface area contributed by atoms with Crippen molar-refractivity contribution in [2.75, 3.05) is 14.2 Å². The van der Waals surface area contributed by atoms with Crippen molar-refractivity contribution in [3.05, 3.63) is 30.1 Å². The van der Waals surface area contributed by atoms with Gasteiger partial charge in [-0.1, -0.05) is 6.92 Å². The first-order valence-corrected chi connectivity index (χ1v) is 6.47. The maximum absolute atomic E-state index is 11.3. The molecular formula is C15H18N2O3. The molecule has 0 saturated carbocycles. The van der Waals surface area contributed by atoms with Crippen LogP contribution in [0.3, 0.4) is 0 Å². The molecular weight excluding hydrogens is 256 g/mol. The van der Waals surface area contributed by atoms with Gasteiger partial charge in [-0.25, -0.2) is 4.98 Å². The lowest BCUT2D eigenvalue weighted by molar-refractivity contribution is 0.112. The van der Waals surface area contributed by atoms with Crippen LogP contribution < -0.4 is 9.47 Å². The molecule has 106 valence electrons. The summed E-state index contributed by atoms with van der Waals surface area (Å²) in [5.74, 6) is 1.88. The largest absolute Gasteiger partial charge is 0.493 e. The highest BCUT2D eigenvalue weighted by Crippen LogP contribution is 2.34. The zero-order valence-electron chi connectivity index (χ0n) is 11.9. The number of ether oxygens (including phenoxy) is 2. The second-order valence-corrected chi connectivity index (χ2v) is 4.36. The van der Waals surface area contributed by atoms with Crippen LogP contribution in [-0.4, -0.2) is 30.1 Å². The fourth-order valence-corrected chi connectivity index (χ4v) is 2.16. The SMILES string of the molecule is CCCn1ccnc1-c1cc(OC)c(OC)cc1C=O. The van der Waals surface area contributed by atoms with Crippen molar-refractivity contribution < 1.29 is 14.3 Å². The molecule has 0 saturated heterocycles. The molecule has 5 heteroatoms. The number of hydrogen-bond acceptors (Lipinski definition) is 4.